The van der Waals surface area contributed by atoms with E-state index in [1.165, 1.54) is 29.5 Å². The van der Waals surface area contributed by atoms with Crippen molar-refractivity contribution in [3.8, 4) is 17.4 Å². The monoisotopic (exact) mass is 430 g/mol. The summed E-state index contributed by atoms with van der Waals surface area (Å²) < 4.78 is 45.6. The predicted molar refractivity (Wildman–Crippen MR) is 107 cm³/mol. The molecule has 144 valence electrons. The molecule has 0 aliphatic carbocycles. The van der Waals surface area contributed by atoms with E-state index in [-0.39, 0.29) is 16.3 Å². The highest BCUT2D eigenvalue weighted by Crippen LogP contribution is 2.37. The van der Waals surface area contributed by atoms with Crippen molar-refractivity contribution in [2.45, 2.75) is 6.18 Å². The van der Waals surface area contributed by atoms with Crippen molar-refractivity contribution >= 4 is 44.8 Å². The van der Waals surface area contributed by atoms with Gasteiger partial charge in [0.15, 0.2) is 0 Å². The van der Waals surface area contributed by atoms with E-state index in [0.717, 1.165) is 22.3 Å². The molecule has 0 radical (unpaired) electrons. The molecule has 0 unspecified atom stereocenters. The highest BCUT2D eigenvalue weighted by atomic mass is 35.5. The molecule has 2 heterocycles. The number of halogens is 4. The van der Waals surface area contributed by atoms with Crippen molar-refractivity contribution in [3.05, 3.63) is 76.0 Å². The average Bonchev–Trinajstić information content (AvgIpc) is 3.32. The summed E-state index contributed by atoms with van der Waals surface area (Å²) in [5.74, 6) is 0.484. The number of benzene rings is 2. The zero-order valence-electron chi connectivity index (χ0n) is 14.5. The molecule has 0 aliphatic rings. The Kier molecular flexibility index (Phi) is 4.91. The number of allylic oxidation sites excluding steroid dienone is 1. The predicted octanol–water partition coefficient (Wildman–Crippen LogP) is 7.29. The van der Waals surface area contributed by atoms with Gasteiger partial charge in [-0.25, -0.2) is 4.98 Å². The van der Waals surface area contributed by atoms with Crippen LogP contribution in [0, 0.1) is 11.3 Å². The van der Waals surface area contributed by atoms with Crippen LogP contribution < -0.4 is 0 Å². The van der Waals surface area contributed by atoms with Gasteiger partial charge in [-0.2, -0.15) is 18.4 Å². The lowest BCUT2D eigenvalue weighted by molar-refractivity contribution is -0.137. The number of fused-ring (bicyclic) bond motifs is 1. The normalized spacial score (nSPS) is 12.3. The Labute approximate surface area is 172 Å². The molecule has 8 heteroatoms. The zero-order chi connectivity index (χ0) is 20.6. The number of furan rings is 1. The van der Waals surface area contributed by atoms with Crippen LogP contribution in [0.5, 0.6) is 0 Å². The molecule has 0 saturated heterocycles. The molecule has 0 spiro atoms. The number of rotatable bonds is 3. The fourth-order valence-corrected chi connectivity index (χ4v) is 3.88. The number of hydrogen-bond donors (Lipinski definition) is 0. The first-order valence-corrected chi connectivity index (χ1v) is 9.49. The highest BCUT2D eigenvalue weighted by molar-refractivity contribution is 7.19. The number of nitrogens with zero attached hydrogens (tertiary/aromatic N) is 2. The van der Waals surface area contributed by atoms with Crippen molar-refractivity contribution in [1.29, 1.82) is 5.26 Å². The van der Waals surface area contributed by atoms with Crippen LogP contribution in [0.15, 0.2) is 59.0 Å². The van der Waals surface area contributed by atoms with E-state index in [2.05, 4.69) is 11.1 Å². The summed E-state index contributed by atoms with van der Waals surface area (Å²) in [6.45, 7) is 0. The Morgan fingerprint density at radius 3 is 2.66 bits per heavy atom. The first-order chi connectivity index (χ1) is 13.8. The lowest BCUT2D eigenvalue weighted by atomic mass is 10.1. The Hall–Kier alpha value is -3.08. The first kappa shape index (κ1) is 19.2. The number of para-hydroxylation sites is 1. The van der Waals surface area contributed by atoms with E-state index in [1.54, 1.807) is 6.07 Å². The van der Waals surface area contributed by atoms with Gasteiger partial charge < -0.3 is 4.42 Å². The van der Waals surface area contributed by atoms with E-state index in [9.17, 15) is 18.4 Å². The van der Waals surface area contributed by atoms with Gasteiger partial charge in [0.05, 0.1) is 26.4 Å². The third kappa shape index (κ3) is 3.90. The van der Waals surface area contributed by atoms with Crippen LogP contribution in [0.3, 0.4) is 0 Å². The second-order valence-corrected chi connectivity index (χ2v) is 7.49. The fourth-order valence-electron chi connectivity index (χ4n) is 2.74. The number of aromatic nitrogens is 1. The van der Waals surface area contributed by atoms with Gasteiger partial charge in [-0.3, -0.25) is 0 Å². The van der Waals surface area contributed by atoms with E-state index in [4.69, 9.17) is 16.0 Å². The maximum atomic E-state index is 13.0. The topological polar surface area (TPSA) is 49.8 Å². The van der Waals surface area contributed by atoms with Gasteiger partial charge in [0, 0.05) is 11.6 Å². The maximum Gasteiger partial charge on any atom is 0.416 e. The highest BCUT2D eigenvalue weighted by Gasteiger charge is 2.31. The third-order valence-electron chi connectivity index (χ3n) is 4.12. The quantitative estimate of drug-likeness (QED) is 0.320. The van der Waals surface area contributed by atoms with E-state index < -0.39 is 11.7 Å². The number of hydrogen-bond acceptors (Lipinski definition) is 4. The van der Waals surface area contributed by atoms with Gasteiger partial charge in [0.25, 0.3) is 0 Å². The standard InChI is InChI=1S/C21H10ClF3N2OS/c22-16-7-5-13(21(23,24)25)10-15(16)18-8-6-14(28-18)9-12(11-26)20-27-17-3-1-2-4-19(17)29-20/h1-10H. The Bertz CT molecular complexity index is 1250. The van der Waals surface area contributed by atoms with Crippen LogP contribution in [0.1, 0.15) is 16.3 Å². The smallest absolute Gasteiger partial charge is 0.416 e. The summed E-state index contributed by atoms with van der Waals surface area (Å²) in [7, 11) is 0. The SMILES string of the molecule is N#CC(=Cc1ccc(-c2cc(C(F)(F)F)ccc2Cl)o1)c1nc2ccccc2s1. The average molecular weight is 431 g/mol. The molecule has 0 atom stereocenters. The summed E-state index contributed by atoms with van der Waals surface area (Å²) in [5, 5.41) is 10.2. The van der Waals surface area contributed by atoms with Crippen molar-refractivity contribution in [3.63, 3.8) is 0 Å². The fraction of sp³-hybridized carbons (Fsp3) is 0.0476. The molecule has 0 N–H and O–H groups in total. The molecule has 2 aromatic heterocycles. The molecule has 0 bridgehead atoms. The van der Waals surface area contributed by atoms with Gasteiger partial charge >= 0.3 is 6.18 Å². The zero-order valence-corrected chi connectivity index (χ0v) is 16.1. The first-order valence-electron chi connectivity index (χ1n) is 8.30. The Morgan fingerprint density at radius 2 is 1.93 bits per heavy atom. The molecule has 0 fully saturated rings. The third-order valence-corrected chi connectivity index (χ3v) is 5.52. The van der Waals surface area contributed by atoms with E-state index >= 15 is 0 Å². The lowest BCUT2D eigenvalue weighted by Gasteiger charge is -2.09. The van der Waals surface area contributed by atoms with Gasteiger partial charge in [0.1, 0.15) is 22.6 Å². The molecule has 3 nitrogen and oxygen atoms in total. The molecular formula is C21H10ClF3N2OS. The lowest BCUT2D eigenvalue weighted by Crippen LogP contribution is -2.04. The van der Waals surface area contributed by atoms with Gasteiger partial charge in [-0.1, -0.05) is 23.7 Å². The van der Waals surface area contributed by atoms with Crippen LogP contribution in [-0.2, 0) is 6.18 Å². The molecule has 4 aromatic rings. The minimum atomic E-state index is -4.49. The van der Waals surface area contributed by atoms with Crippen molar-refractivity contribution in [2.24, 2.45) is 0 Å². The molecule has 2 aromatic carbocycles. The summed E-state index contributed by atoms with van der Waals surface area (Å²) >= 11 is 7.43. The summed E-state index contributed by atoms with van der Waals surface area (Å²) in [4.78, 5) is 4.44. The number of alkyl halides is 3. The molecular weight excluding hydrogens is 421 g/mol. The number of nitriles is 1. The van der Waals surface area contributed by atoms with Gasteiger partial charge in [-0.05, 0) is 42.5 Å². The summed E-state index contributed by atoms with van der Waals surface area (Å²) in [5.41, 5.74) is 0.379. The summed E-state index contributed by atoms with van der Waals surface area (Å²) in [6, 6.07) is 15.7. The maximum absolute atomic E-state index is 13.0. The van der Waals surface area contributed by atoms with Crippen molar-refractivity contribution in [1.82, 2.24) is 4.98 Å². The van der Waals surface area contributed by atoms with E-state index in [1.807, 2.05) is 24.3 Å². The second kappa shape index (κ2) is 7.39. The van der Waals surface area contributed by atoms with Gasteiger partial charge in [0.2, 0.25) is 0 Å². The van der Waals surface area contributed by atoms with Crippen LogP contribution in [0.25, 0.3) is 33.2 Å². The number of thiazole rings is 1. The van der Waals surface area contributed by atoms with Crippen LogP contribution in [0.2, 0.25) is 5.02 Å². The molecule has 29 heavy (non-hydrogen) atoms. The van der Waals surface area contributed by atoms with Crippen LogP contribution >= 0.6 is 22.9 Å². The molecule has 0 saturated carbocycles. The minimum Gasteiger partial charge on any atom is -0.457 e. The van der Waals surface area contributed by atoms with Gasteiger partial charge in [-0.15, -0.1) is 11.3 Å². The summed E-state index contributed by atoms with van der Waals surface area (Å²) in [6.07, 6.45) is -2.99. The largest absolute Gasteiger partial charge is 0.457 e. The second-order valence-electron chi connectivity index (χ2n) is 6.05. The minimum absolute atomic E-state index is 0.125. The van der Waals surface area contributed by atoms with Crippen molar-refractivity contribution in [2.75, 3.05) is 0 Å². The molecule has 4 rings (SSSR count). The van der Waals surface area contributed by atoms with E-state index in [0.29, 0.717) is 16.3 Å². The molecule has 0 aliphatic heterocycles. The van der Waals surface area contributed by atoms with Crippen molar-refractivity contribution < 1.29 is 17.6 Å². The van der Waals surface area contributed by atoms with Crippen LogP contribution in [-0.4, -0.2) is 4.98 Å². The Morgan fingerprint density at radius 1 is 1.14 bits per heavy atom. The van der Waals surface area contributed by atoms with Crippen LogP contribution in [0.4, 0.5) is 13.2 Å². The molecule has 0 amide bonds. The Balaban J connectivity index is 1.71.